The molecule has 1 heterocycles. The number of para-hydroxylation sites is 1. The van der Waals surface area contributed by atoms with Gasteiger partial charge in [0.1, 0.15) is 12.4 Å². The Morgan fingerprint density at radius 1 is 1.22 bits per heavy atom. The summed E-state index contributed by atoms with van der Waals surface area (Å²) in [5.41, 5.74) is 0.888. The standard InChI is InChI=1S/C26H21BrCl2N4O4/c1-3-15(2)25-31-22-10-8-18(27)11-20(22)26(34)32(25)30-13-16-5-4-6-23(33(35)36)24(16)37-14-17-7-9-19(28)12-21(17)29/h4-13,15H,3,14H2,1-2H3/t15-/m1/s1. The zero-order chi connectivity index (χ0) is 26.7. The van der Waals surface area contributed by atoms with E-state index in [-0.39, 0.29) is 29.5 Å². The Balaban J connectivity index is 1.80. The molecule has 37 heavy (non-hydrogen) atoms. The minimum Gasteiger partial charge on any atom is -0.481 e. The van der Waals surface area contributed by atoms with Crippen LogP contribution < -0.4 is 10.3 Å². The van der Waals surface area contributed by atoms with Gasteiger partial charge in [-0.25, -0.2) is 4.98 Å². The van der Waals surface area contributed by atoms with E-state index in [1.54, 1.807) is 36.4 Å². The van der Waals surface area contributed by atoms with Crippen LogP contribution in [0.25, 0.3) is 10.9 Å². The summed E-state index contributed by atoms with van der Waals surface area (Å²) in [4.78, 5) is 29.3. The molecule has 0 amide bonds. The lowest BCUT2D eigenvalue weighted by atomic mass is 10.1. The summed E-state index contributed by atoms with van der Waals surface area (Å²) in [7, 11) is 0. The van der Waals surface area contributed by atoms with Crippen LogP contribution in [0, 0.1) is 10.1 Å². The minimum atomic E-state index is -0.540. The van der Waals surface area contributed by atoms with E-state index in [0.717, 1.165) is 10.9 Å². The Labute approximate surface area is 230 Å². The number of halogens is 3. The third-order valence-corrected chi connectivity index (χ3v) is 6.89. The van der Waals surface area contributed by atoms with Crippen LogP contribution >= 0.6 is 39.1 Å². The molecule has 0 N–H and O–H groups in total. The molecule has 4 rings (SSSR count). The highest BCUT2D eigenvalue weighted by Crippen LogP contribution is 2.32. The zero-order valence-corrected chi connectivity index (χ0v) is 22.9. The molecule has 0 aliphatic rings. The van der Waals surface area contributed by atoms with Crippen LogP contribution in [0.4, 0.5) is 5.69 Å². The highest BCUT2D eigenvalue weighted by Gasteiger charge is 2.20. The molecular formula is C26H21BrCl2N4O4. The molecule has 0 spiro atoms. The fourth-order valence-corrected chi connectivity index (χ4v) is 4.46. The number of nitro groups is 1. The first kappa shape index (κ1) is 26.8. The van der Waals surface area contributed by atoms with Crippen LogP contribution in [0.2, 0.25) is 10.0 Å². The number of hydrogen-bond acceptors (Lipinski definition) is 6. The van der Waals surface area contributed by atoms with Crippen LogP contribution in [-0.2, 0) is 6.61 Å². The van der Waals surface area contributed by atoms with Crippen molar-refractivity contribution in [2.24, 2.45) is 5.10 Å². The van der Waals surface area contributed by atoms with Crippen LogP contribution in [0.15, 0.2) is 69.0 Å². The van der Waals surface area contributed by atoms with Crippen LogP contribution in [0.5, 0.6) is 5.75 Å². The van der Waals surface area contributed by atoms with Gasteiger partial charge in [0.25, 0.3) is 5.56 Å². The lowest BCUT2D eigenvalue weighted by Crippen LogP contribution is -2.23. The van der Waals surface area contributed by atoms with Crippen LogP contribution in [-0.4, -0.2) is 20.8 Å². The molecule has 3 aromatic carbocycles. The molecule has 0 bridgehead atoms. The Morgan fingerprint density at radius 3 is 2.70 bits per heavy atom. The lowest BCUT2D eigenvalue weighted by Gasteiger charge is -2.14. The number of aromatic nitrogens is 2. The topological polar surface area (TPSA) is 99.6 Å². The van der Waals surface area contributed by atoms with Crippen molar-refractivity contribution in [1.29, 1.82) is 0 Å². The number of nitrogens with zero attached hydrogens (tertiary/aromatic N) is 4. The largest absolute Gasteiger partial charge is 0.481 e. The van der Waals surface area contributed by atoms with Crippen LogP contribution in [0.3, 0.4) is 0 Å². The number of fused-ring (bicyclic) bond motifs is 1. The zero-order valence-electron chi connectivity index (χ0n) is 19.8. The Bertz CT molecular complexity index is 1590. The van der Waals surface area contributed by atoms with Crippen molar-refractivity contribution in [2.75, 3.05) is 0 Å². The third-order valence-electron chi connectivity index (χ3n) is 5.81. The molecule has 4 aromatic rings. The monoisotopic (exact) mass is 602 g/mol. The van der Waals surface area contributed by atoms with E-state index in [0.29, 0.717) is 37.9 Å². The summed E-state index contributed by atoms with van der Waals surface area (Å²) in [5.74, 6) is 0.419. The number of ether oxygens (including phenoxy) is 1. The van der Waals surface area contributed by atoms with E-state index in [4.69, 9.17) is 27.9 Å². The molecule has 0 saturated heterocycles. The van der Waals surface area contributed by atoms with Crippen molar-refractivity contribution >= 4 is 61.9 Å². The lowest BCUT2D eigenvalue weighted by molar-refractivity contribution is -0.385. The van der Waals surface area contributed by atoms with Crippen molar-refractivity contribution in [3.05, 3.63) is 107 Å². The Kier molecular flexibility index (Phi) is 8.26. The van der Waals surface area contributed by atoms with Crippen molar-refractivity contribution in [3.63, 3.8) is 0 Å². The molecule has 1 aromatic heterocycles. The first-order valence-electron chi connectivity index (χ1n) is 11.3. The smallest absolute Gasteiger partial charge is 0.311 e. The molecule has 0 fully saturated rings. The van der Waals surface area contributed by atoms with Gasteiger partial charge in [0.05, 0.1) is 22.0 Å². The molecule has 0 aliphatic heterocycles. The van der Waals surface area contributed by atoms with E-state index >= 15 is 0 Å². The molecule has 0 saturated carbocycles. The highest BCUT2D eigenvalue weighted by molar-refractivity contribution is 9.10. The average Bonchev–Trinajstić information content (AvgIpc) is 2.87. The Morgan fingerprint density at radius 2 is 2.00 bits per heavy atom. The van der Waals surface area contributed by atoms with Gasteiger partial charge >= 0.3 is 5.69 Å². The van der Waals surface area contributed by atoms with Gasteiger partial charge < -0.3 is 4.74 Å². The van der Waals surface area contributed by atoms with E-state index in [1.807, 2.05) is 19.9 Å². The van der Waals surface area contributed by atoms with Crippen molar-refractivity contribution in [1.82, 2.24) is 9.66 Å². The van der Waals surface area contributed by atoms with Gasteiger partial charge in [0, 0.05) is 37.6 Å². The normalized spacial score (nSPS) is 12.2. The molecule has 0 unspecified atom stereocenters. The first-order valence-corrected chi connectivity index (χ1v) is 12.8. The van der Waals surface area contributed by atoms with Crippen molar-refractivity contribution < 1.29 is 9.66 Å². The summed E-state index contributed by atoms with van der Waals surface area (Å²) >= 11 is 15.6. The van der Waals surface area contributed by atoms with Gasteiger partial charge in [0.2, 0.25) is 5.75 Å². The van der Waals surface area contributed by atoms with Gasteiger partial charge in [-0.1, -0.05) is 65.1 Å². The predicted octanol–water partition coefficient (Wildman–Crippen LogP) is 7.35. The maximum atomic E-state index is 13.4. The SMILES string of the molecule is CC[C@@H](C)c1nc2ccc(Br)cc2c(=O)n1N=Cc1cccc([N+](=O)[O-])c1OCc1ccc(Cl)cc1Cl. The third kappa shape index (κ3) is 5.84. The maximum Gasteiger partial charge on any atom is 0.311 e. The molecule has 8 nitrogen and oxygen atoms in total. The summed E-state index contributed by atoms with van der Waals surface area (Å²) < 4.78 is 7.84. The maximum absolute atomic E-state index is 13.4. The number of hydrogen-bond donors (Lipinski definition) is 0. The Hall–Kier alpha value is -3.27. The quantitative estimate of drug-likeness (QED) is 0.119. The summed E-state index contributed by atoms with van der Waals surface area (Å²) in [6.45, 7) is 3.91. The number of nitro benzene ring substituents is 1. The fraction of sp³-hybridized carbons (Fsp3) is 0.192. The van der Waals surface area contributed by atoms with Gasteiger partial charge in [-0.3, -0.25) is 14.9 Å². The number of benzene rings is 3. The molecule has 11 heteroatoms. The fourth-order valence-electron chi connectivity index (χ4n) is 3.63. The van der Waals surface area contributed by atoms with Gasteiger partial charge in [-0.2, -0.15) is 9.78 Å². The van der Waals surface area contributed by atoms with E-state index < -0.39 is 4.92 Å². The van der Waals surface area contributed by atoms with E-state index in [1.165, 1.54) is 23.0 Å². The minimum absolute atomic E-state index is 0.00287. The van der Waals surface area contributed by atoms with Gasteiger partial charge in [-0.05, 0) is 42.8 Å². The predicted molar refractivity (Wildman–Crippen MR) is 149 cm³/mol. The first-order chi connectivity index (χ1) is 17.7. The van der Waals surface area contributed by atoms with Crippen molar-refractivity contribution in [3.8, 4) is 5.75 Å². The molecule has 190 valence electrons. The van der Waals surface area contributed by atoms with Gasteiger partial charge in [-0.15, -0.1) is 0 Å². The van der Waals surface area contributed by atoms with Crippen LogP contribution in [0.1, 0.15) is 43.1 Å². The summed E-state index contributed by atoms with van der Waals surface area (Å²) in [6.07, 6.45) is 2.10. The highest BCUT2D eigenvalue weighted by atomic mass is 79.9. The molecular weight excluding hydrogens is 583 g/mol. The van der Waals surface area contributed by atoms with Gasteiger partial charge in [0.15, 0.2) is 0 Å². The second-order valence-electron chi connectivity index (χ2n) is 8.28. The second kappa shape index (κ2) is 11.4. The van der Waals surface area contributed by atoms with E-state index in [9.17, 15) is 14.9 Å². The summed E-state index contributed by atoms with van der Waals surface area (Å²) in [6, 6.07) is 14.7. The number of rotatable bonds is 8. The second-order valence-corrected chi connectivity index (χ2v) is 10.0. The van der Waals surface area contributed by atoms with Crippen molar-refractivity contribution in [2.45, 2.75) is 32.8 Å². The molecule has 0 radical (unpaired) electrons. The average molecular weight is 604 g/mol. The summed E-state index contributed by atoms with van der Waals surface area (Å²) in [5, 5.41) is 17.4. The molecule has 0 aliphatic carbocycles. The molecule has 1 atom stereocenters. The van der Waals surface area contributed by atoms with E-state index in [2.05, 4.69) is 26.0 Å².